The van der Waals surface area contributed by atoms with Crippen molar-refractivity contribution in [3.8, 4) is 0 Å². The Hall–Kier alpha value is -0.730. The average Bonchev–Trinajstić information content (AvgIpc) is 2.94. The Kier molecular flexibility index (Phi) is 5.56. The van der Waals surface area contributed by atoms with Gasteiger partial charge in [-0.2, -0.15) is 0 Å². The molecular formula is C18H29ClN2. The minimum absolute atomic E-state index is 0.202. The SMILES string of the molecule is CCC(N)Cc1ccc(N2CCC(CC)(CC)C2)cc1Cl. The molecule has 2 N–H and O–H groups in total. The molecule has 0 aromatic heterocycles. The molecule has 2 rings (SSSR count). The van der Waals surface area contributed by atoms with E-state index >= 15 is 0 Å². The number of hydrogen-bond donors (Lipinski definition) is 1. The van der Waals surface area contributed by atoms with Gasteiger partial charge < -0.3 is 10.6 Å². The van der Waals surface area contributed by atoms with Crippen molar-refractivity contribution >= 4 is 17.3 Å². The molecule has 0 aliphatic carbocycles. The van der Waals surface area contributed by atoms with Gasteiger partial charge in [-0.1, -0.05) is 38.4 Å². The van der Waals surface area contributed by atoms with E-state index < -0.39 is 0 Å². The van der Waals surface area contributed by atoms with Crippen LogP contribution in [0.15, 0.2) is 18.2 Å². The van der Waals surface area contributed by atoms with E-state index in [0.717, 1.165) is 31.0 Å². The summed E-state index contributed by atoms with van der Waals surface area (Å²) in [6.45, 7) is 9.05. The normalized spacial score (nSPS) is 19.0. The molecule has 0 radical (unpaired) electrons. The van der Waals surface area contributed by atoms with Gasteiger partial charge in [0, 0.05) is 29.8 Å². The lowest BCUT2D eigenvalue weighted by atomic mass is 9.82. The zero-order chi connectivity index (χ0) is 15.5. The zero-order valence-electron chi connectivity index (χ0n) is 13.7. The van der Waals surface area contributed by atoms with Crippen molar-refractivity contribution in [1.29, 1.82) is 0 Å². The van der Waals surface area contributed by atoms with Crippen LogP contribution in [0.1, 0.15) is 52.0 Å². The van der Waals surface area contributed by atoms with Crippen LogP contribution in [0.4, 0.5) is 5.69 Å². The standard InChI is InChI=1S/C18H29ClN2/c1-4-15(20)11-14-7-8-16(12-17(14)19)21-10-9-18(5-2,6-3)13-21/h7-8,12,15H,4-6,9-11,13,20H2,1-3H3. The Morgan fingerprint density at radius 1 is 1.29 bits per heavy atom. The first-order valence-corrected chi connectivity index (χ1v) is 8.70. The molecule has 118 valence electrons. The van der Waals surface area contributed by atoms with E-state index in [1.807, 2.05) is 0 Å². The third-order valence-corrected chi connectivity index (χ3v) is 5.70. The van der Waals surface area contributed by atoms with Crippen molar-refractivity contribution in [3.63, 3.8) is 0 Å². The lowest BCUT2D eigenvalue weighted by molar-refractivity contribution is 0.301. The average molecular weight is 309 g/mol. The zero-order valence-corrected chi connectivity index (χ0v) is 14.4. The van der Waals surface area contributed by atoms with Gasteiger partial charge in [-0.05, 0) is 55.2 Å². The summed E-state index contributed by atoms with van der Waals surface area (Å²) >= 11 is 6.47. The van der Waals surface area contributed by atoms with Crippen molar-refractivity contribution in [3.05, 3.63) is 28.8 Å². The van der Waals surface area contributed by atoms with E-state index in [0.29, 0.717) is 5.41 Å². The Labute approximate surface area is 134 Å². The number of rotatable bonds is 6. The van der Waals surface area contributed by atoms with Crippen LogP contribution in [-0.2, 0) is 6.42 Å². The maximum atomic E-state index is 6.47. The lowest BCUT2D eigenvalue weighted by Gasteiger charge is -2.27. The molecule has 0 saturated carbocycles. The molecule has 1 saturated heterocycles. The van der Waals surface area contributed by atoms with E-state index in [1.54, 1.807) is 0 Å². The number of halogens is 1. The Balaban J connectivity index is 2.10. The molecular weight excluding hydrogens is 280 g/mol. The van der Waals surface area contributed by atoms with Crippen molar-refractivity contribution in [2.75, 3.05) is 18.0 Å². The van der Waals surface area contributed by atoms with Crippen molar-refractivity contribution < 1.29 is 0 Å². The molecule has 21 heavy (non-hydrogen) atoms. The topological polar surface area (TPSA) is 29.3 Å². The fraction of sp³-hybridized carbons (Fsp3) is 0.667. The van der Waals surface area contributed by atoms with Gasteiger partial charge in [0.15, 0.2) is 0 Å². The quantitative estimate of drug-likeness (QED) is 0.829. The molecule has 1 heterocycles. The highest BCUT2D eigenvalue weighted by Gasteiger charge is 2.35. The van der Waals surface area contributed by atoms with Crippen LogP contribution in [0.3, 0.4) is 0 Å². The maximum absolute atomic E-state index is 6.47. The number of hydrogen-bond acceptors (Lipinski definition) is 2. The van der Waals surface area contributed by atoms with Crippen LogP contribution in [0.2, 0.25) is 5.02 Å². The van der Waals surface area contributed by atoms with Gasteiger partial charge in [0.2, 0.25) is 0 Å². The van der Waals surface area contributed by atoms with Crippen molar-refractivity contribution in [2.45, 2.75) is 58.9 Å². The molecule has 1 aromatic carbocycles. The summed E-state index contributed by atoms with van der Waals surface area (Å²) in [6, 6.07) is 6.70. The van der Waals surface area contributed by atoms with Crippen LogP contribution >= 0.6 is 11.6 Å². The number of benzene rings is 1. The molecule has 1 aliphatic heterocycles. The summed E-state index contributed by atoms with van der Waals surface area (Å²) in [6.07, 6.45) is 5.66. The van der Waals surface area contributed by atoms with Crippen LogP contribution < -0.4 is 10.6 Å². The highest BCUT2D eigenvalue weighted by Crippen LogP contribution is 2.39. The fourth-order valence-electron chi connectivity index (χ4n) is 3.31. The number of nitrogens with two attached hydrogens (primary N) is 1. The molecule has 2 nitrogen and oxygen atoms in total. The predicted octanol–water partition coefficient (Wildman–Crippen LogP) is 4.64. The van der Waals surface area contributed by atoms with Gasteiger partial charge >= 0.3 is 0 Å². The fourth-order valence-corrected chi connectivity index (χ4v) is 3.56. The molecule has 1 atom stereocenters. The first kappa shape index (κ1) is 16.6. The van der Waals surface area contributed by atoms with E-state index in [4.69, 9.17) is 17.3 Å². The molecule has 1 fully saturated rings. The van der Waals surface area contributed by atoms with Gasteiger partial charge in [-0.15, -0.1) is 0 Å². The Bertz CT molecular complexity index is 468. The third-order valence-electron chi connectivity index (χ3n) is 5.35. The lowest BCUT2D eigenvalue weighted by Crippen LogP contribution is -2.26. The van der Waals surface area contributed by atoms with Gasteiger partial charge in [-0.25, -0.2) is 0 Å². The summed E-state index contributed by atoms with van der Waals surface area (Å²) in [5, 5.41) is 0.863. The van der Waals surface area contributed by atoms with E-state index in [-0.39, 0.29) is 6.04 Å². The van der Waals surface area contributed by atoms with Gasteiger partial charge in [0.1, 0.15) is 0 Å². The summed E-state index contributed by atoms with van der Waals surface area (Å²) < 4.78 is 0. The summed E-state index contributed by atoms with van der Waals surface area (Å²) in [7, 11) is 0. The monoisotopic (exact) mass is 308 g/mol. The largest absolute Gasteiger partial charge is 0.371 e. The molecule has 1 unspecified atom stereocenters. The second kappa shape index (κ2) is 7.02. The molecule has 0 amide bonds. The highest BCUT2D eigenvalue weighted by atomic mass is 35.5. The second-order valence-corrected chi connectivity index (χ2v) is 6.93. The Morgan fingerprint density at radius 2 is 2.00 bits per heavy atom. The number of anilines is 1. The molecule has 0 bridgehead atoms. The first-order valence-electron chi connectivity index (χ1n) is 8.32. The van der Waals surface area contributed by atoms with Crippen LogP contribution in [0, 0.1) is 5.41 Å². The second-order valence-electron chi connectivity index (χ2n) is 6.53. The molecule has 3 heteroatoms. The minimum atomic E-state index is 0.202. The molecule has 1 aliphatic rings. The van der Waals surface area contributed by atoms with Crippen LogP contribution in [-0.4, -0.2) is 19.1 Å². The third kappa shape index (κ3) is 3.73. The van der Waals surface area contributed by atoms with Gasteiger partial charge in [0.25, 0.3) is 0 Å². The van der Waals surface area contributed by atoms with Crippen molar-refractivity contribution in [2.24, 2.45) is 11.1 Å². The maximum Gasteiger partial charge on any atom is 0.0459 e. The molecule has 1 aromatic rings. The van der Waals surface area contributed by atoms with Crippen molar-refractivity contribution in [1.82, 2.24) is 0 Å². The summed E-state index contributed by atoms with van der Waals surface area (Å²) in [4.78, 5) is 2.49. The first-order chi connectivity index (χ1) is 10.0. The van der Waals surface area contributed by atoms with E-state index in [2.05, 4.69) is 43.9 Å². The van der Waals surface area contributed by atoms with Crippen LogP contribution in [0.5, 0.6) is 0 Å². The molecule has 0 spiro atoms. The van der Waals surface area contributed by atoms with E-state index in [1.165, 1.54) is 30.5 Å². The smallest absolute Gasteiger partial charge is 0.0459 e. The predicted molar refractivity (Wildman–Crippen MR) is 93.3 cm³/mol. The highest BCUT2D eigenvalue weighted by molar-refractivity contribution is 6.31. The van der Waals surface area contributed by atoms with Gasteiger partial charge in [0.05, 0.1) is 0 Å². The van der Waals surface area contributed by atoms with Gasteiger partial charge in [-0.3, -0.25) is 0 Å². The van der Waals surface area contributed by atoms with E-state index in [9.17, 15) is 0 Å². The van der Waals surface area contributed by atoms with Crippen LogP contribution in [0.25, 0.3) is 0 Å². The summed E-state index contributed by atoms with van der Waals surface area (Å²) in [5.74, 6) is 0. The Morgan fingerprint density at radius 3 is 2.52 bits per heavy atom. The summed E-state index contributed by atoms with van der Waals surface area (Å²) in [5.41, 5.74) is 8.97. The number of nitrogens with zero attached hydrogens (tertiary/aromatic N) is 1. The minimum Gasteiger partial charge on any atom is -0.371 e.